The van der Waals surface area contributed by atoms with Crippen molar-refractivity contribution >= 4 is 5.78 Å². The van der Waals surface area contributed by atoms with Gasteiger partial charge in [0.25, 0.3) is 0 Å². The SMILES string of the molecule is C#CC1=CCC/C1=C\C#CC(C)=O. The van der Waals surface area contributed by atoms with Gasteiger partial charge in [0.05, 0.1) is 0 Å². The number of hydrogen-bond acceptors (Lipinski definition) is 1. The molecule has 13 heavy (non-hydrogen) atoms. The van der Waals surface area contributed by atoms with Gasteiger partial charge in [-0.25, -0.2) is 0 Å². The van der Waals surface area contributed by atoms with Gasteiger partial charge >= 0.3 is 0 Å². The van der Waals surface area contributed by atoms with Crippen LogP contribution in [0.1, 0.15) is 19.8 Å². The van der Waals surface area contributed by atoms with Crippen LogP contribution in [0.4, 0.5) is 0 Å². The van der Waals surface area contributed by atoms with E-state index in [4.69, 9.17) is 6.42 Å². The highest BCUT2D eigenvalue weighted by atomic mass is 16.1. The van der Waals surface area contributed by atoms with Gasteiger partial charge < -0.3 is 0 Å². The van der Waals surface area contributed by atoms with E-state index < -0.39 is 0 Å². The quantitative estimate of drug-likeness (QED) is 0.400. The van der Waals surface area contributed by atoms with Crippen LogP contribution in [0.15, 0.2) is 23.3 Å². The highest BCUT2D eigenvalue weighted by Gasteiger charge is 2.07. The molecule has 64 valence electrons. The molecule has 1 heteroatoms. The number of ketones is 1. The van der Waals surface area contributed by atoms with Crippen LogP contribution in [0.25, 0.3) is 0 Å². The standard InChI is InChI=1S/C12H10O/c1-3-11-7-5-9-12(11)8-4-6-10(2)13/h1,7-8H,5,9H2,2H3/b12-8+. The van der Waals surface area contributed by atoms with Gasteiger partial charge in [-0.05, 0) is 30.4 Å². The number of hydrogen-bond donors (Lipinski definition) is 0. The molecule has 0 bridgehead atoms. The van der Waals surface area contributed by atoms with Gasteiger partial charge in [-0.2, -0.15) is 0 Å². The van der Waals surface area contributed by atoms with E-state index in [0.29, 0.717) is 0 Å². The van der Waals surface area contributed by atoms with Crippen LogP contribution in [0.2, 0.25) is 0 Å². The molecule has 1 aliphatic rings. The summed E-state index contributed by atoms with van der Waals surface area (Å²) in [5, 5.41) is 0. The molecule has 0 aromatic heterocycles. The molecule has 0 spiro atoms. The maximum Gasteiger partial charge on any atom is 0.202 e. The van der Waals surface area contributed by atoms with E-state index in [2.05, 4.69) is 17.8 Å². The van der Waals surface area contributed by atoms with Gasteiger partial charge in [-0.15, -0.1) is 6.42 Å². The maximum atomic E-state index is 10.5. The summed E-state index contributed by atoms with van der Waals surface area (Å²) in [5.74, 6) is 7.62. The molecule has 0 fully saturated rings. The van der Waals surface area contributed by atoms with Crippen molar-refractivity contribution in [1.29, 1.82) is 0 Å². The van der Waals surface area contributed by atoms with E-state index in [0.717, 1.165) is 24.0 Å². The van der Waals surface area contributed by atoms with E-state index in [1.807, 2.05) is 6.08 Å². The molecule has 0 aliphatic heterocycles. The molecular formula is C12H10O. The monoisotopic (exact) mass is 170 g/mol. The Balaban J connectivity index is 2.76. The van der Waals surface area contributed by atoms with Gasteiger partial charge in [0, 0.05) is 12.5 Å². The summed E-state index contributed by atoms with van der Waals surface area (Å²) in [7, 11) is 0. The Labute approximate surface area is 78.5 Å². The van der Waals surface area contributed by atoms with Crippen LogP contribution in [0.5, 0.6) is 0 Å². The minimum absolute atomic E-state index is 0.124. The highest BCUT2D eigenvalue weighted by molar-refractivity contribution is 5.93. The van der Waals surface area contributed by atoms with Crippen molar-refractivity contribution in [2.24, 2.45) is 0 Å². The predicted octanol–water partition coefficient (Wildman–Crippen LogP) is 1.86. The molecule has 0 amide bonds. The molecule has 0 aromatic carbocycles. The second-order valence-electron chi connectivity index (χ2n) is 2.80. The first-order chi connectivity index (χ1) is 6.24. The Hall–Kier alpha value is -1.73. The zero-order valence-corrected chi connectivity index (χ0v) is 7.55. The van der Waals surface area contributed by atoms with Crippen molar-refractivity contribution in [2.75, 3.05) is 0 Å². The summed E-state index contributed by atoms with van der Waals surface area (Å²) in [5.41, 5.74) is 1.98. The summed E-state index contributed by atoms with van der Waals surface area (Å²) in [6, 6.07) is 0. The normalized spacial score (nSPS) is 17.2. The molecular weight excluding hydrogens is 160 g/mol. The molecule has 0 heterocycles. The summed E-state index contributed by atoms with van der Waals surface area (Å²) < 4.78 is 0. The fourth-order valence-corrected chi connectivity index (χ4v) is 1.16. The lowest BCUT2D eigenvalue weighted by Crippen LogP contribution is -1.81. The minimum atomic E-state index is -0.124. The third kappa shape index (κ3) is 2.65. The lowest BCUT2D eigenvalue weighted by molar-refractivity contribution is -0.111. The van der Waals surface area contributed by atoms with Crippen molar-refractivity contribution in [3.63, 3.8) is 0 Å². The molecule has 0 aromatic rings. The van der Waals surface area contributed by atoms with E-state index in [1.54, 1.807) is 6.08 Å². The number of carbonyl (C=O) groups is 1. The van der Waals surface area contributed by atoms with Crippen LogP contribution in [-0.2, 0) is 4.79 Å². The number of allylic oxidation sites excluding steroid dienone is 4. The first-order valence-corrected chi connectivity index (χ1v) is 4.12. The lowest BCUT2D eigenvalue weighted by Gasteiger charge is -1.92. The van der Waals surface area contributed by atoms with Crippen LogP contribution < -0.4 is 0 Å². The molecule has 0 atom stereocenters. The van der Waals surface area contributed by atoms with Crippen LogP contribution in [-0.4, -0.2) is 5.78 Å². The fourth-order valence-electron chi connectivity index (χ4n) is 1.16. The lowest BCUT2D eigenvalue weighted by atomic mass is 10.1. The zero-order chi connectivity index (χ0) is 9.68. The number of terminal acetylenes is 1. The Bertz CT molecular complexity index is 378. The van der Waals surface area contributed by atoms with Gasteiger partial charge in [-0.3, -0.25) is 4.79 Å². The molecule has 0 N–H and O–H groups in total. The summed E-state index contributed by atoms with van der Waals surface area (Å²) in [4.78, 5) is 10.5. The third-order valence-corrected chi connectivity index (χ3v) is 1.76. The molecule has 1 aliphatic carbocycles. The fraction of sp³-hybridized carbons (Fsp3) is 0.250. The topological polar surface area (TPSA) is 17.1 Å². The van der Waals surface area contributed by atoms with Crippen molar-refractivity contribution in [2.45, 2.75) is 19.8 Å². The summed E-state index contributed by atoms with van der Waals surface area (Å²) in [6.07, 6.45) is 10.9. The van der Waals surface area contributed by atoms with Crippen LogP contribution in [0, 0.1) is 24.2 Å². The van der Waals surface area contributed by atoms with Gasteiger partial charge in [0.15, 0.2) is 0 Å². The predicted molar refractivity (Wildman–Crippen MR) is 52.7 cm³/mol. The van der Waals surface area contributed by atoms with Gasteiger partial charge in [0.2, 0.25) is 5.78 Å². The first kappa shape index (κ1) is 9.36. The molecule has 0 saturated carbocycles. The van der Waals surface area contributed by atoms with Crippen molar-refractivity contribution in [3.05, 3.63) is 23.3 Å². The minimum Gasteiger partial charge on any atom is -0.285 e. The van der Waals surface area contributed by atoms with Crippen LogP contribution in [0.3, 0.4) is 0 Å². The average Bonchev–Trinajstić information content (AvgIpc) is 2.51. The number of Topliss-reactive ketones (excluding diaryl/α,β-unsaturated/α-hetero) is 1. The number of carbonyl (C=O) groups excluding carboxylic acids is 1. The van der Waals surface area contributed by atoms with Crippen LogP contribution >= 0.6 is 0 Å². The maximum absolute atomic E-state index is 10.5. The van der Waals surface area contributed by atoms with Gasteiger partial charge in [-0.1, -0.05) is 17.9 Å². The molecule has 0 radical (unpaired) electrons. The Morgan fingerprint density at radius 1 is 1.69 bits per heavy atom. The van der Waals surface area contributed by atoms with Crippen molar-refractivity contribution < 1.29 is 4.79 Å². The van der Waals surface area contributed by atoms with Crippen molar-refractivity contribution in [1.82, 2.24) is 0 Å². The summed E-state index contributed by atoms with van der Waals surface area (Å²) in [6.45, 7) is 1.44. The molecule has 1 nitrogen and oxygen atoms in total. The average molecular weight is 170 g/mol. The van der Waals surface area contributed by atoms with E-state index in [9.17, 15) is 4.79 Å². The Morgan fingerprint density at radius 3 is 3.08 bits per heavy atom. The van der Waals surface area contributed by atoms with E-state index in [-0.39, 0.29) is 5.78 Å². The van der Waals surface area contributed by atoms with E-state index >= 15 is 0 Å². The number of rotatable bonds is 0. The van der Waals surface area contributed by atoms with Crippen molar-refractivity contribution in [3.8, 4) is 24.2 Å². The smallest absolute Gasteiger partial charge is 0.202 e. The zero-order valence-electron chi connectivity index (χ0n) is 7.55. The summed E-state index contributed by atoms with van der Waals surface area (Å²) >= 11 is 0. The third-order valence-electron chi connectivity index (χ3n) is 1.76. The largest absolute Gasteiger partial charge is 0.285 e. The second kappa shape index (κ2) is 4.33. The molecule has 0 saturated heterocycles. The molecule has 1 rings (SSSR count). The molecule has 0 unspecified atom stereocenters. The Kier molecular flexibility index (Phi) is 3.12. The highest BCUT2D eigenvalue weighted by Crippen LogP contribution is 2.23. The second-order valence-corrected chi connectivity index (χ2v) is 2.80. The van der Waals surface area contributed by atoms with E-state index in [1.165, 1.54) is 6.92 Å². The van der Waals surface area contributed by atoms with Gasteiger partial charge in [0.1, 0.15) is 0 Å². The first-order valence-electron chi connectivity index (χ1n) is 4.12. The Morgan fingerprint density at radius 2 is 2.46 bits per heavy atom.